The molecule has 0 radical (unpaired) electrons. The Kier molecular flexibility index (Phi) is 4.73. The number of hydrogen-bond acceptors (Lipinski definition) is 3. The van der Waals surface area contributed by atoms with Gasteiger partial charge in [-0.3, -0.25) is 9.00 Å². The van der Waals surface area contributed by atoms with Crippen molar-refractivity contribution in [3.05, 3.63) is 59.1 Å². The molecule has 0 aliphatic rings. The molecule has 5 nitrogen and oxygen atoms in total. The van der Waals surface area contributed by atoms with Crippen LogP contribution in [0.2, 0.25) is 5.02 Å². The Morgan fingerprint density at radius 1 is 1.00 bits per heavy atom. The fraction of sp³-hybridized carbons (Fsp3) is 0. The van der Waals surface area contributed by atoms with Crippen LogP contribution in [-0.4, -0.2) is 14.7 Å². The first-order valence-electron chi connectivity index (χ1n) is 5.57. The smallest absolute Gasteiger partial charge is 0.255 e. The van der Waals surface area contributed by atoms with E-state index in [0.29, 0.717) is 22.0 Å². The number of anilines is 2. The molecule has 0 aromatic heterocycles. The van der Waals surface area contributed by atoms with Crippen LogP contribution in [0.1, 0.15) is 10.4 Å². The molecule has 20 heavy (non-hydrogen) atoms. The van der Waals surface area contributed by atoms with Gasteiger partial charge < -0.3 is 14.6 Å². The monoisotopic (exact) mass is 309 g/mol. The lowest BCUT2D eigenvalue weighted by Crippen LogP contribution is -2.11. The second-order valence-corrected chi connectivity index (χ2v) is 4.99. The Bertz CT molecular complexity index is 629. The molecule has 0 spiro atoms. The minimum Gasteiger partial charge on any atom is -0.755 e. The fourth-order valence-corrected chi connectivity index (χ4v) is 1.98. The zero-order valence-electron chi connectivity index (χ0n) is 10.1. The minimum atomic E-state index is -2.37. The molecule has 104 valence electrons. The molecular weight excluding hydrogens is 300 g/mol. The maximum absolute atomic E-state index is 11.9. The van der Waals surface area contributed by atoms with Gasteiger partial charge in [0.1, 0.15) is 0 Å². The van der Waals surface area contributed by atoms with Crippen molar-refractivity contribution in [1.82, 2.24) is 0 Å². The lowest BCUT2D eigenvalue weighted by Gasteiger charge is -2.10. The Labute approximate surface area is 123 Å². The van der Waals surface area contributed by atoms with E-state index >= 15 is 0 Å². The Balaban J connectivity index is 2.04. The zero-order chi connectivity index (χ0) is 14.5. The molecule has 0 bridgehead atoms. The molecule has 2 N–H and O–H groups in total. The summed E-state index contributed by atoms with van der Waals surface area (Å²) in [5.74, 6) is -0.269. The highest BCUT2D eigenvalue weighted by Gasteiger charge is 2.05. The summed E-state index contributed by atoms with van der Waals surface area (Å²) >= 11 is 3.38. The Morgan fingerprint density at radius 3 is 2.10 bits per heavy atom. The van der Waals surface area contributed by atoms with E-state index in [1.165, 1.54) is 0 Å². The van der Waals surface area contributed by atoms with Gasteiger partial charge in [-0.1, -0.05) is 11.6 Å². The summed E-state index contributed by atoms with van der Waals surface area (Å²) in [6.45, 7) is 0. The number of halogens is 1. The van der Waals surface area contributed by atoms with Gasteiger partial charge in [0.2, 0.25) is 0 Å². The topological polar surface area (TPSA) is 81.3 Å². The molecule has 1 unspecified atom stereocenters. The first-order chi connectivity index (χ1) is 9.54. The van der Waals surface area contributed by atoms with Crippen LogP contribution in [0.5, 0.6) is 0 Å². The molecule has 1 atom stereocenters. The molecule has 0 aliphatic carbocycles. The highest BCUT2D eigenvalue weighted by molar-refractivity contribution is 7.80. The summed E-state index contributed by atoms with van der Waals surface area (Å²) in [5.41, 5.74) is 1.47. The minimum absolute atomic E-state index is 0.269. The van der Waals surface area contributed by atoms with Crippen molar-refractivity contribution >= 4 is 40.1 Å². The average molecular weight is 310 g/mol. The van der Waals surface area contributed by atoms with Crippen LogP contribution in [0.15, 0.2) is 48.5 Å². The van der Waals surface area contributed by atoms with Crippen molar-refractivity contribution in [3.8, 4) is 0 Å². The Morgan fingerprint density at radius 2 is 1.55 bits per heavy atom. The number of carbonyl (C=O) groups excluding carboxylic acids is 1. The summed E-state index contributed by atoms with van der Waals surface area (Å²) in [5, 5.41) is 3.25. The quantitative estimate of drug-likeness (QED) is 0.852. The molecule has 0 saturated heterocycles. The third-order valence-corrected chi connectivity index (χ3v) is 3.10. The van der Waals surface area contributed by atoms with Gasteiger partial charge in [0.25, 0.3) is 5.91 Å². The van der Waals surface area contributed by atoms with Crippen LogP contribution in [0.4, 0.5) is 11.4 Å². The highest BCUT2D eigenvalue weighted by atomic mass is 35.5. The predicted molar refractivity (Wildman–Crippen MR) is 78.4 cm³/mol. The molecule has 0 fully saturated rings. The number of hydrogen-bond donors (Lipinski definition) is 2. The summed E-state index contributed by atoms with van der Waals surface area (Å²) in [7, 11) is 0. The number of benzene rings is 2. The van der Waals surface area contributed by atoms with Gasteiger partial charge in [-0.05, 0) is 48.5 Å². The van der Waals surface area contributed by atoms with Crippen molar-refractivity contribution in [2.75, 3.05) is 10.0 Å². The van der Waals surface area contributed by atoms with Crippen LogP contribution < -0.4 is 10.0 Å². The van der Waals surface area contributed by atoms with Crippen molar-refractivity contribution in [2.24, 2.45) is 0 Å². The van der Waals surface area contributed by atoms with E-state index in [4.69, 9.17) is 11.6 Å². The second-order valence-electron chi connectivity index (χ2n) is 3.88. The first-order valence-corrected chi connectivity index (χ1v) is 7.03. The van der Waals surface area contributed by atoms with E-state index in [2.05, 4.69) is 10.0 Å². The summed E-state index contributed by atoms with van der Waals surface area (Å²) in [6.07, 6.45) is 0. The van der Waals surface area contributed by atoms with E-state index in [-0.39, 0.29) is 5.91 Å². The van der Waals surface area contributed by atoms with Crippen LogP contribution >= 0.6 is 11.6 Å². The molecule has 0 aliphatic heterocycles. The van der Waals surface area contributed by atoms with E-state index in [1.54, 1.807) is 48.5 Å². The number of nitrogens with one attached hydrogen (secondary N) is 2. The number of carbonyl (C=O) groups is 1. The standard InChI is InChI=1S/C13H11ClN2O3S/c14-10-3-1-9(2-4-10)13(17)15-11-5-7-12(8-6-11)16-20(18)19/h1-8,16H,(H,15,17)(H,18,19)/p-1. The van der Waals surface area contributed by atoms with Crippen molar-refractivity contribution in [1.29, 1.82) is 0 Å². The predicted octanol–water partition coefficient (Wildman–Crippen LogP) is 2.80. The largest absolute Gasteiger partial charge is 0.755 e. The molecule has 0 saturated carbocycles. The average Bonchev–Trinajstić information content (AvgIpc) is 2.41. The lowest BCUT2D eigenvalue weighted by atomic mass is 10.2. The third kappa shape index (κ3) is 4.06. The van der Waals surface area contributed by atoms with Crippen LogP contribution in [0.3, 0.4) is 0 Å². The van der Waals surface area contributed by atoms with Crippen molar-refractivity contribution in [2.45, 2.75) is 0 Å². The van der Waals surface area contributed by atoms with Crippen molar-refractivity contribution in [3.63, 3.8) is 0 Å². The molecule has 1 amide bonds. The number of rotatable bonds is 4. The Hall–Kier alpha value is -1.89. The molecule has 2 aromatic carbocycles. The van der Waals surface area contributed by atoms with Crippen molar-refractivity contribution < 1.29 is 13.6 Å². The maximum atomic E-state index is 11.9. The molecule has 2 aromatic rings. The molecular formula is C13H10ClN2O3S-. The normalized spacial score (nSPS) is 11.7. The van der Waals surface area contributed by atoms with E-state index in [0.717, 1.165) is 0 Å². The first kappa shape index (κ1) is 14.5. The van der Waals surface area contributed by atoms with Gasteiger partial charge in [0.15, 0.2) is 0 Å². The van der Waals surface area contributed by atoms with Gasteiger partial charge in [-0.2, -0.15) is 0 Å². The summed E-state index contributed by atoms with van der Waals surface area (Å²) in [6, 6.07) is 12.8. The second kappa shape index (κ2) is 6.51. The summed E-state index contributed by atoms with van der Waals surface area (Å²) < 4.78 is 23.1. The lowest BCUT2D eigenvalue weighted by molar-refractivity contribution is 0.102. The third-order valence-electron chi connectivity index (χ3n) is 2.45. The SMILES string of the molecule is O=C(Nc1ccc(NS(=O)[O-])cc1)c1ccc(Cl)cc1. The van der Waals surface area contributed by atoms with Gasteiger partial charge >= 0.3 is 0 Å². The van der Waals surface area contributed by atoms with E-state index < -0.39 is 11.3 Å². The summed E-state index contributed by atoms with van der Waals surface area (Å²) in [4.78, 5) is 11.9. The van der Waals surface area contributed by atoms with E-state index in [1.807, 2.05) is 0 Å². The number of amides is 1. The molecule has 2 rings (SSSR count). The fourth-order valence-electron chi connectivity index (χ4n) is 1.52. The van der Waals surface area contributed by atoms with Gasteiger partial charge in [-0.15, -0.1) is 0 Å². The van der Waals surface area contributed by atoms with Crippen LogP contribution in [0, 0.1) is 0 Å². The maximum Gasteiger partial charge on any atom is 0.255 e. The zero-order valence-corrected chi connectivity index (χ0v) is 11.7. The van der Waals surface area contributed by atoms with Crippen LogP contribution in [-0.2, 0) is 11.3 Å². The highest BCUT2D eigenvalue weighted by Crippen LogP contribution is 2.16. The van der Waals surface area contributed by atoms with Gasteiger partial charge in [0, 0.05) is 33.2 Å². The molecule has 0 heterocycles. The van der Waals surface area contributed by atoms with E-state index in [9.17, 15) is 13.6 Å². The van der Waals surface area contributed by atoms with Crippen LogP contribution in [0.25, 0.3) is 0 Å². The van der Waals surface area contributed by atoms with Gasteiger partial charge in [-0.25, -0.2) is 0 Å². The molecule has 7 heteroatoms. The van der Waals surface area contributed by atoms with Gasteiger partial charge in [0.05, 0.1) is 0 Å².